The van der Waals surface area contributed by atoms with Gasteiger partial charge < -0.3 is 0 Å². The molecule has 0 spiro atoms. The lowest BCUT2D eigenvalue weighted by Gasteiger charge is -2.08. The Labute approximate surface area is 66.4 Å². The summed E-state index contributed by atoms with van der Waals surface area (Å²) < 4.78 is 0. The smallest absolute Gasteiger partial charge is 0.177 e. The Morgan fingerprint density at radius 3 is 2.55 bits per heavy atom. The lowest BCUT2D eigenvalue weighted by molar-refractivity contribution is 0.507. The molecule has 0 aliphatic rings. The number of aromatic amines is 1. The molecule has 0 bridgehead atoms. The number of nitrogens with one attached hydrogen (secondary N) is 1. The van der Waals surface area contributed by atoms with Crippen molar-refractivity contribution in [3.05, 3.63) is 5.82 Å². The molecule has 1 rings (SSSR count). The quantitative estimate of drug-likeness (QED) is 0.715. The van der Waals surface area contributed by atoms with E-state index in [-0.39, 0.29) is 0 Å². The Balaban J connectivity index is 2.49. The SMILES string of the molecule is CC(C)CC(C)c1nn[nH]n1. The molecule has 0 aliphatic heterocycles. The minimum absolute atomic E-state index is 0.411. The van der Waals surface area contributed by atoms with Crippen LogP contribution in [0.5, 0.6) is 0 Å². The molecule has 0 aromatic carbocycles. The van der Waals surface area contributed by atoms with Crippen molar-refractivity contribution >= 4 is 0 Å². The zero-order valence-electron chi connectivity index (χ0n) is 7.20. The zero-order chi connectivity index (χ0) is 8.27. The Kier molecular flexibility index (Phi) is 2.57. The van der Waals surface area contributed by atoms with Crippen LogP contribution in [0.3, 0.4) is 0 Å². The fourth-order valence-electron chi connectivity index (χ4n) is 1.19. The third-order valence-corrected chi connectivity index (χ3v) is 1.63. The third-order valence-electron chi connectivity index (χ3n) is 1.63. The summed E-state index contributed by atoms with van der Waals surface area (Å²) in [5.74, 6) is 1.91. The van der Waals surface area contributed by atoms with Crippen molar-refractivity contribution in [3.8, 4) is 0 Å². The van der Waals surface area contributed by atoms with Crippen LogP contribution < -0.4 is 0 Å². The van der Waals surface area contributed by atoms with Crippen LogP contribution in [0, 0.1) is 5.92 Å². The number of hydrogen-bond donors (Lipinski definition) is 1. The van der Waals surface area contributed by atoms with Gasteiger partial charge in [-0.2, -0.15) is 5.21 Å². The normalized spacial score (nSPS) is 13.8. The maximum atomic E-state index is 3.92. The van der Waals surface area contributed by atoms with E-state index in [1.807, 2.05) is 0 Å². The van der Waals surface area contributed by atoms with Gasteiger partial charge in [0.05, 0.1) is 0 Å². The average Bonchev–Trinajstić information content (AvgIpc) is 2.35. The van der Waals surface area contributed by atoms with E-state index in [1.54, 1.807) is 0 Å². The second-order valence-electron chi connectivity index (χ2n) is 3.30. The molecule has 0 amide bonds. The summed E-state index contributed by atoms with van der Waals surface area (Å²) in [6, 6.07) is 0. The molecule has 0 saturated carbocycles. The van der Waals surface area contributed by atoms with E-state index in [0.29, 0.717) is 11.8 Å². The van der Waals surface area contributed by atoms with Gasteiger partial charge in [-0.05, 0) is 12.3 Å². The van der Waals surface area contributed by atoms with Crippen molar-refractivity contribution in [2.75, 3.05) is 0 Å². The van der Waals surface area contributed by atoms with Gasteiger partial charge in [-0.25, -0.2) is 0 Å². The third kappa shape index (κ3) is 2.29. The lowest BCUT2D eigenvalue weighted by Crippen LogP contribution is -2.00. The molecule has 1 N–H and O–H groups in total. The molecule has 1 heterocycles. The van der Waals surface area contributed by atoms with Crippen molar-refractivity contribution < 1.29 is 0 Å². The molecular formula is C7H14N4. The van der Waals surface area contributed by atoms with E-state index < -0.39 is 0 Å². The number of tetrazole rings is 1. The van der Waals surface area contributed by atoms with E-state index in [0.717, 1.165) is 12.2 Å². The first-order chi connectivity index (χ1) is 5.20. The van der Waals surface area contributed by atoms with E-state index in [1.165, 1.54) is 0 Å². The van der Waals surface area contributed by atoms with Crippen LogP contribution in [-0.4, -0.2) is 20.6 Å². The molecule has 0 fully saturated rings. The topological polar surface area (TPSA) is 54.5 Å². The van der Waals surface area contributed by atoms with Crippen molar-refractivity contribution in [2.45, 2.75) is 33.1 Å². The number of rotatable bonds is 3. The number of hydrogen-bond acceptors (Lipinski definition) is 3. The lowest BCUT2D eigenvalue weighted by atomic mass is 9.99. The van der Waals surface area contributed by atoms with Gasteiger partial charge in [0.2, 0.25) is 0 Å². The van der Waals surface area contributed by atoms with Crippen LogP contribution in [0.15, 0.2) is 0 Å². The second-order valence-corrected chi connectivity index (χ2v) is 3.30. The van der Waals surface area contributed by atoms with E-state index in [4.69, 9.17) is 0 Å². The fraction of sp³-hybridized carbons (Fsp3) is 0.857. The van der Waals surface area contributed by atoms with Crippen molar-refractivity contribution in [1.29, 1.82) is 0 Å². The van der Waals surface area contributed by atoms with Gasteiger partial charge in [-0.15, -0.1) is 10.2 Å². The Bertz CT molecular complexity index is 192. The largest absolute Gasteiger partial charge is 0.177 e. The van der Waals surface area contributed by atoms with Gasteiger partial charge in [0.1, 0.15) is 0 Å². The highest BCUT2D eigenvalue weighted by atomic mass is 15.5. The summed E-state index contributed by atoms with van der Waals surface area (Å²) in [7, 11) is 0. The first kappa shape index (κ1) is 8.17. The molecular weight excluding hydrogens is 140 g/mol. The molecule has 0 radical (unpaired) electrons. The predicted octanol–water partition coefficient (Wildman–Crippen LogP) is 1.35. The first-order valence-electron chi connectivity index (χ1n) is 3.93. The highest BCUT2D eigenvalue weighted by Crippen LogP contribution is 2.18. The second kappa shape index (κ2) is 3.46. The van der Waals surface area contributed by atoms with Gasteiger partial charge >= 0.3 is 0 Å². The Hall–Kier alpha value is -0.930. The molecule has 1 aromatic heterocycles. The van der Waals surface area contributed by atoms with Gasteiger partial charge in [0.15, 0.2) is 5.82 Å². The molecule has 1 unspecified atom stereocenters. The molecule has 1 aromatic rings. The summed E-state index contributed by atoms with van der Waals surface area (Å²) in [5, 5.41) is 13.8. The zero-order valence-corrected chi connectivity index (χ0v) is 7.20. The number of nitrogens with zero attached hydrogens (tertiary/aromatic N) is 3. The first-order valence-corrected chi connectivity index (χ1v) is 3.93. The summed E-state index contributed by atoms with van der Waals surface area (Å²) in [5.41, 5.74) is 0. The van der Waals surface area contributed by atoms with E-state index >= 15 is 0 Å². The van der Waals surface area contributed by atoms with Crippen LogP contribution in [0.25, 0.3) is 0 Å². The van der Waals surface area contributed by atoms with Gasteiger partial charge in [-0.1, -0.05) is 26.0 Å². The fourth-order valence-corrected chi connectivity index (χ4v) is 1.19. The van der Waals surface area contributed by atoms with Crippen LogP contribution in [0.4, 0.5) is 0 Å². The summed E-state index contributed by atoms with van der Waals surface area (Å²) in [6.45, 7) is 6.50. The van der Waals surface area contributed by atoms with Crippen LogP contribution in [-0.2, 0) is 0 Å². The summed E-state index contributed by atoms with van der Waals surface area (Å²) in [6.07, 6.45) is 1.11. The van der Waals surface area contributed by atoms with Gasteiger partial charge in [0, 0.05) is 5.92 Å². The molecule has 62 valence electrons. The van der Waals surface area contributed by atoms with Crippen LogP contribution in [0.2, 0.25) is 0 Å². The number of aromatic nitrogens is 4. The maximum absolute atomic E-state index is 3.92. The average molecular weight is 154 g/mol. The maximum Gasteiger partial charge on any atom is 0.177 e. The van der Waals surface area contributed by atoms with E-state index in [9.17, 15) is 0 Å². The molecule has 0 saturated heterocycles. The summed E-state index contributed by atoms with van der Waals surface area (Å²) in [4.78, 5) is 0. The standard InChI is InChI=1S/C7H14N4/c1-5(2)4-6(3)7-8-10-11-9-7/h5-6H,4H2,1-3H3,(H,8,9,10,11). The van der Waals surface area contributed by atoms with Crippen molar-refractivity contribution in [3.63, 3.8) is 0 Å². The minimum Gasteiger partial charge on any atom is -0.177 e. The molecule has 1 atom stereocenters. The number of H-pyrrole nitrogens is 1. The molecule has 4 heteroatoms. The highest BCUT2D eigenvalue weighted by molar-refractivity contribution is 4.87. The summed E-state index contributed by atoms with van der Waals surface area (Å²) >= 11 is 0. The van der Waals surface area contributed by atoms with Gasteiger partial charge in [0.25, 0.3) is 0 Å². The molecule has 11 heavy (non-hydrogen) atoms. The minimum atomic E-state index is 0.411. The van der Waals surface area contributed by atoms with Crippen LogP contribution >= 0.6 is 0 Å². The Morgan fingerprint density at radius 1 is 1.36 bits per heavy atom. The predicted molar refractivity (Wildman–Crippen MR) is 42.0 cm³/mol. The highest BCUT2D eigenvalue weighted by Gasteiger charge is 2.11. The Morgan fingerprint density at radius 2 is 2.09 bits per heavy atom. The molecule has 4 nitrogen and oxygen atoms in total. The monoisotopic (exact) mass is 154 g/mol. The van der Waals surface area contributed by atoms with Crippen LogP contribution in [0.1, 0.15) is 38.9 Å². The van der Waals surface area contributed by atoms with Gasteiger partial charge in [-0.3, -0.25) is 0 Å². The molecule has 0 aliphatic carbocycles. The van der Waals surface area contributed by atoms with Crippen molar-refractivity contribution in [2.24, 2.45) is 5.92 Å². The van der Waals surface area contributed by atoms with E-state index in [2.05, 4.69) is 41.4 Å². The van der Waals surface area contributed by atoms with Crippen molar-refractivity contribution in [1.82, 2.24) is 20.6 Å².